The Morgan fingerprint density at radius 1 is 1.30 bits per heavy atom. The predicted molar refractivity (Wildman–Crippen MR) is 130 cm³/mol. The topological polar surface area (TPSA) is 107 Å². The summed E-state index contributed by atoms with van der Waals surface area (Å²) in [6.07, 6.45) is 5.40. The number of ether oxygens (including phenoxy) is 1. The van der Waals surface area contributed by atoms with Gasteiger partial charge in [-0.25, -0.2) is 4.79 Å². The first-order chi connectivity index (χ1) is 15.5. The number of hydrogen-bond acceptors (Lipinski definition) is 6. The first kappa shape index (κ1) is 27.3. The van der Waals surface area contributed by atoms with Crippen LogP contribution in [0.5, 0.6) is 0 Å². The zero-order valence-electron chi connectivity index (χ0n) is 20.1. The average molecular weight is 480 g/mol. The maximum Gasteiger partial charge on any atom is 0.348 e. The Bertz CT molecular complexity index is 856. The van der Waals surface area contributed by atoms with Crippen LogP contribution in [0.1, 0.15) is 80.8 Å². The summed E-state index contributed by atoms with van der Waals surface area (Å²) in [5.41, 5.74) is 0.0610. The second kappa shape index (κ2) is 12.5. The van der Waals surface area contributed by atoms with E-state index in [1.165, 1.54) is 37.0 Å². The number of aliphatic hydroxyl groups excluding tert-OH is 2. The van der Waals surface area contributed by atoms with Gasteiger partial charge in [-0.15, -0.1) is 11.3 Å². The van der Waals surface area contributed by atoms with E-state index in [0.717, 1.165) is 17.3 Å². The molecule has 7 nitrogen and oxygen atoms in total. The standard InChI is InChI=1S/C18H23NO6S.C7H14/c1-18(2,3)5-4-12-9-13(15(26-12)17(23)24)19-6-7-25-14(16(19)22)8-11(21)10-20;1-7-5-3-2-4-6-7/h9,11,14,20-21H,6-8,10H2,1-3H3,(H,23,24);7H,2-6H2,1H3/t11?,14-;/m1./s1. The summed E-state index contributed by atoms with van der Waals surface area (Å²) in [7, 11) is 0. The molecule has 0 bridgehead atoms. The Balaban J connectivity index is 0.000000468. The molecule has 1 unspecified atom stereocenters. The van der Waals surface area contributed by atoms with Crippen molar-refractivity contribution in [1.82, 2.24) is 0 Å². The van der Waals surface area contributed by atoms with Crippen molar-refractivity contribution in [2.75, 3.05) is 24.7 Å². The van der Waals surface area contributed by atoms with Gasteiger partial charge in [-0.1, -0.05) is 50.9 Å². The Kier molecular flexibility index (Phi) is 10.4. The number of nitrogens with zero attached hydrogens (tertiary/aromatic N) is 1. The number of carboxylic acids is 1. The van der Waals surface area contributed by atoms with Gasteiger partial charge in [0.15, 0.2) is 0 Å². The summed E-state index contributed by atoms with van der Waals surface area (Å²) < 4.78 is 5.38. The van der Waals surface area contributed by atoms with Crippen LogP contribution in [0.25, 0.3) is 0 Å². The first-order valence-electron chi connectivity index (χ1n) is 11.6. The molecule has 2 atom stereocenters. The largest absolute Gasteiger partial charge is 0.477 e. The van der Waals surface area contributed by atoms with Gasteiger partial charge in [-0.2, -0.15) is 0 Å². The molecule has 1 aromatic heterocycles. The molecule has 1 aromatic rings. The second-order valence-corrected chi connectivity index (χ2v) is 10.8. The van der Waals surface area contributed by atoms with Crippen LogP contribution in [-0.2, 0) is 9.53 Å². The van der Waals surface area contributed by atoms with Gasteiger partial charge in [0.2, 0.25) is 0 Å². The number of amides is 1. The van der Waals surface area contributed by atoms with Crippen molar-refractivity contribution in [3.8, 4) is 11.8 Å². The maximum absolute atomic E-state index is 12.7. The SMILES string of the molecule is CC(C)(C)C#Cc1cc(N2CCO[C@H](CC(O)CO)C2=O)c(C(=O)O)s1.CC1CCCCC1. The molecule has 2 heterocycles. The zero-order valence-corrected chi connectivity index (χ0v) is 20.9. The number of hydrogen-bond donors (Lipinski definition) is 3. The summed E-state index contributed by atoms with van der Waals surface area (Å²) in [4.78, 5) is 26.2. The minimum atomic E-state index is -1.12. The van der Waals surface area contributed by atoms with Gasteiger partial charge in [0.05, 0.1) is 29.9 Å². The predicted octanol–water partition coefficient (Wildman–Crippen LogP) is 3.91. The van der Waals surface area contributed by atoms with Gasteiger partial charge in [0, 0.05) is 18.4 Å². The number of aromatic carboxylic acids is 1. The van der Waals surface area contributed by atoms with E-state index >= 15 is 0 Å². The highest BCUT2D eigenvalue weighted by Gasteiger charge is 2.34. The molecule has 184 valence electrons. The number of carbonyl (C=O) groups excluding carboxylic acids is 1. The third-order valence-corrected chi connectivity index (χ3v) is 6.55. The molecule has 0 radical (unpaired) electrons. The van der Waals surface area contributed by atoms with Crippen LogP contribution in [0, 0.1) is 23.2 Å². The third kappa shape index (κ3) is 8.74. The maximum atomic E-state index is 12.7. The quantitative estimate of drug-likeness (QED) is 0.553. The lowest BCUT2D eigenvalue weighted by Gasteiger charge is -2.32. The Labute approximate surface area is 200 Å². The van der Waals surface area contributed by atoms with Crippen LogP contribution >= 0.6 is 11.3 Å². The van der Waals surface area contributed by atoms with Crippen molar-refractivity contribution < 1.29 is 29.6 Å². The van der Waals surface area contributed by atoms with E-state index in [9.17, 15) is 19.8 Å². The minimum Gasteiger partial charge on any atom is -0.477 e. The lowest BCUT2D eigenvalue weighted by atomic mass is 9.91. The molecule has 1 aliphatic carbocycles. The molecular weight excluding hydrogens is 442 g/mol. The van der Waals surface area contributed by atoms with E-state index in [1.54, 1.807) is 6.07 Å². The molecule has 1 amide bonds. The molecule has 0 spiro atoms. The lowest BCUT2D eigenvalue weighted by Crippen LogP contribution is -2.49. The lowest BCUT2D eigenvalue weighted by molar-refractivity contribution is -0.136. The zero-order chi connectivity index (χ0) is 24.6. The number of thiophene rings is 1. The number of anilines is 1. The Morgan fingerprint density at radius 2 is 1.97 bits per heavy atom. The molecule has 3 rings (SSSR count). The number of carboxylic acid groups (broad SMARTS) is 1. The van der Waals surface area contributed by atoms with Crippen LogP contribution in [0.15, 0.2) is 6.07 Å². The van der Waals surface area contributed by atoms with Crippen molar-refractivity contribution in [2.24, 2.45) is 11.3 Å². The Hall–Kier alpha value is -1.92. The number of rotatable bonds is 5. The first-order valence-corrected chi connectivity index (χ1v) is 12.5. The highest BCUT2D eigenvalue weighted by atomic mass is 32.1. The molecule has 3 N–H and O–H groups in total. The van der Waals surface area contributed by atoms with Gasteiger partial charge in [0.1, 0.15) is 11.0 Å². The summed E-state index contributed by atoms with van der Waals surface area (Å²) in [5.74, 6) is 5.50. The number of carbonyl (C=O) groups is 2. The summed E-state index contributed by atoms with van der Waals surface area (Å²) in [5, 5.41) is 28.0. The fourth-order valence-electron chi connectivity index (χ4n) is 3.72. The van der Waals surface area contributed by atoms with Gasteiger partial charge < -0.3 is 25.0 Å². The Morgan fingerprint density at radius 3 is 2.48 bits per heavy atom. The molecular formula is C25H37NO6S. The molecule has 1 saturated carbocycles. The van der Waals surface area contributed by atoms with Crippen molar-refractivity contribution in [1.29, 1.82) is 0 Å². The fraction of sp³-hybridized carbons (Fsp3) is 0.680. The number of morpholine rings is 1. The van der Waals surface area contributed by atoms with E-state index in [1.807, 2.05) is 20.8 Å². The fourth-order valence-corrected chi connectivity index (χ4v) is 4.58. The van der Waals surface area contributed by atoms with Crippen LogP contribution in [0.4, 0.5) is 5.69 Å². The molecule has 2 fully saturated rings. The normalized spacial score (nSPS) is 20.4. The van der Waals surface area contributed by atoms with Crippen LogP contribution in [0.3, 0.4) is 0 Å². The van der Waals surface area contributed by atoms with E-state index in [-0.39, 0.29) is 35.6 Å². The number of aliphatic hydroxyl groups is 2. The van der Waals surface area contributed by atoms with E-state index in [4.69, 9.17) is 9.84 Å². The highest BCUT2D eigenvalue weighted by Crippen LogP contribution is 2.32. The monoisotopic (exact) mass is 479 g/mol. The molecule has 1 saturated heterocycles. The molecule has 8 heteroatoms. The van der Waals surface area contributed by atoms with E-state index < -0.39 is 30.7 Å². The van der Waals surface area contributed by atoms with E-state index in [0.29, 0.717) is 4.88 Å². The van der Waals surface area contributed by atoms with Crippen LogP contribution in [-0.4, -0.2) is 59.2 Å². The van der Waals surface area contributed by atoms with Crippen molar-refractivity contribution in [2.45, 2.75) is 78.4 Å². The average Bonchev–Trinajstić information content (AvgIpc) is 3.19. The van der Waals surface area contributed by atoms with Gasteiger partial charge >= 0.3 is 5.97 Å². The summed E-state index contributed by atoms with van der Waals surface area (Å²) >= 11 is 1.03. The van der Waals surface area contributed by atoms with Crippen molar-refractivity contribution >= 4 is 28.9 Å². The molecule has 0 aromatic carbocycles. The third-order valence-electron chi connectivity index (χ3n) is 5.52. The van der Waals surface area contributed by atoms with Gasteiger partial charge in [-0.3, -0.25) is 4.79 Å². The van der Waals surface area contributed by atoms with Gasteiger partial charge in [0.25, 0.3) is 5.91 Å². The summed E-state index contributed by atoms with van der Waals surface area (Å²) in [6.45, 7) is 8.18. The summed E-state index contributed by atoms with van der Waals surface area (Å²) in [6, 6.07) is 1.61. The van der Waals surface area contributed by atoms with Crippen molar-refractivity contribution in [3.63, 3.8) is 0 Å². The minimum absolute atomic E-state index is 0.0416. The van der Waals surface area contributed by atoms with Crippen LogP contribution in [0.2, 0.25) is 0 Å². The molecule has 2 aliphatic rings. The molecule has 33 heavy (non-hydrogen) atoms. The van der Waals surface area contributed by atoms with E-state index in [2.05, 4.69) is 18.8 Å². The van der Waals surface area contributed by atoms with Gasteiger partial charge in [-0.05, 0) is 32.8 Å². The second-order valence-electron chi connectivity index (χ2n) is 9.79. The smallest absolute Gasteiger partial charge is 0.348 e. The highest BCUT2D eigenvalue weighted by molar-refractivity contribution is 7.15. The molecule has 1 aliphatic heterocycles. The van der Waals surface area contributed by atoms with Crippen LogP contribution < -0.4 is 4.90 Å². The van der Waals surface area contributed by atoms with Crippen molar-refractivity contribution in [3.05, 3.63) is 15.8 Å².